The highest BCUT2D eigenvalue weighted by atomic mass is 35.5. The van der Waals surface area contributed by atoms with Crippen molar-refractivity contribution in [3.8, 4) is 5.75 Å². The van der Waals surface area contributed by atoms with Crippen molar-refractivity contribution in [1.82, 2.24) is 0 Å². The number of carboxylic acids is 1. The molecule has 0 radical (unpaired) electrons. The molecule has 1 N–H and O–H groups in total. The van der Waals surface area contributed by atoms with E-state index in [2.05, 4.69) is 24.3 Å². The fourth-order valence-corrected chi connectivity index (χ4v) is 4.17. The highest BCUT2D eigenvalue weighted by Gasteiger charge is 2.36. The number of rotatable bonds is 5. The molecule has 2 aliphatic carbocycles. The Hall–Kier alpha value is -2.00. The van der Waals surface area contributed by atoms with Gasteiger partial charge in [-0.15, -0.1) is 0 Å². The number of hydrogen-bond donors (Lipinski definition) is 1. The summed E-state index contributed by atoms with van der Waals surface area (Å²) in [6.45, 7) is 5.54. The molecule has 1 aromatic rings. The molecule has 28 heavy (non-hydrogen) atoms. The fourth-order valence-electron chi connectivity index (χ4n) is 4.01. The molecule has 0 spiro atoms. The lowest BCUT2D eigenvalue weighted by Crippen LogP contribution is -2.31. The van der Waals surface area contributed by atoms with Crippen molar-refractivity contribution in [1.29, 1.82) is 0 Å². The van der Waals surface area contributed by atoms with E-state index < -0.39 is 12.1 Å². The van der Waals surface area contributed by atoms with Gasteiger partial charge in [0, 0.05) is 10.4 Å². The zero-order valence-electron chi connectivity index (χ0n) is 17.1. The normalized spacial score (nSPS) is 19.3. The summed E-state index contributed by atoms with van der Waals surface area (Å²) in [7, 11) is 0. The van der Waals surface area contributed by atoms with Gasteiger partial charge in [-0.25, -0.2) is 4.79 Å². The minimum Gasteiger partial charge on any atom is -0.479 e. The quantitative estimate of drug-likeness (QED) is 0.590. The van der Waals surface area contributed by atoms with Gasteiger partial charge < -0.3 is 9.84 Å². The van der Waals surface area contributed by atoms with Crippen LogP contribution < -0.4 is 4.74 Å². The van der Waals surface area contributed by atoms with Gasteiger partial charge in [0.2, 0.25) is 0 Å². The topological polar surface area (TPSA) is 46.5 Å². The zero-order chi connectivity index (χ0) is 20.6. The molecule has 1 aromatic carbocycles. The SMILES string of the molecule is CC.CC(Oc1ccc(C2(C3=CC=C(Cl)C=CC3)CCCCC2)cc1)C(=O)O. The Kier molecular flexibility index (Phi) is 8.37. The molecule has 1 fully saturated rings. The molecule has 0 aliphatic heterocycles. The molecule has 4 heteroatoms. The van der Waals surface area contributed by atoms with E-state index in [9.17, 15) is 4.79 Å². The van der Waals surface area contributed by atoms with Gasteiger partial charge in [-0.3, -0.25) is 0 Å². The van der Waals surface area contributed by atoms with Crippen LogP contribution in [0.1, 0.15) is 64.9 Å². The van der Waals surface area contributed by atoms with Crippen LogP contribution >= 0.6 is 11.6 Å². The van der Waals surface area contributed by atoms with E-state index in [0.29, 0.717) is 5.75 Å². The Balaban J connectivity index is 0.00000136. The second kappa shape index (κ2) is 10.5. The van der Waals surface area contributed by atoms with Crippen molar-refractivity contribution in [3.05, 3.63) is 64.7 Å². The van der Waals surface area contributed by atoms with Crippen molar-refractivity contribution >= 4 is 17.6 Å². The van der Waals surface area contributed by atoms with Crippen LogP contribution in [0, 0.1) is 0 Å². The molecule has 2 aliphatic rings. The smallest absolute Gasteiger partial charge is 0.344 e. The first-order chi connectivity index (χ1) is 13.5. The van der Waals surface area contributed by atoms with Crippen molar-refractivity contribution in [3.63, 3.8) is 0 Å². The minimum absolute atomic E-state index is 0.0253. The van der Waals surface area contributed by atoms with E-state index in [4.69, 9.17) is 21.4 Å². The Morgan fingerprint density at radius 2 is 1.75 bits per heavy atom. The highest BCUT2D eigenvalue weighted by molar-refractivity contribution is 6.31. The van der Waals surface area contributed by atoms with Crippen LogP contribution in [0.15, 0.2) is 59.2 Å². The third-order valence-corrected chi connectivity index (χ3v) is 5.70. The van der Waals surface area contributed by atoms with Crippen molar-refractivity contribution in [2.75, 3.05) is 0 Å². The second-order valence-electron chi connectivity index (χ2n) is 7.12. The maximum absolute atomic E-state index is 11.0. The lowest BCUT2D eigenvalue weighted by molar-refractivity contribution is -0.144. The number of carboxylic acid groups (broad SMARTS) is 1. The van der Waals surface area contributed by atoms with E-state index in [1.54, 1.807) is 0 Å². The first-order valence-electron chi connectivity index (χ1n) is 10.2. The number of allylic oxidation sites excluding steroid dienone is 6. The summed E-state index contributed by atoms with van der Waals surface area (Å²) < 4.78 is 5.48. The predicted octanol–water partition coefficient (Wildman–Crippen LogP) is 6.78. The summed E-state index contributed by atoms with van der Waals surface area (Å²) in [4.78, 5) is 11.0. The number of halogens is 1. The van der Waals surface area contributed by atoms with Gasteiger partial charge in [-0.2, -0.15) is 0 Å². The molecule has 3 nitrogen and oxygen atoms in total. The third kappa shape index (κ3) is 5.29. The highest BCUT2D eigenvalue weighted by Crippen LogP contribution is 2.47. The van der Waals surface area contributed by atoms with E-state index in [0.717, 1.165) is 24.3 Å². The molecule has 0 amide bonds. The zero-order valence-corrected chi connectivity index (χ0v) is 17.8. The van der Waals surface area contributed by atoms with Crippen LogP contribution in [0.3, 0.4) is 0 Å². The second-order valence-corrected chi connectivity index (χ2v) is 7.55. The van der Waals surface area contributed by atoms with Crippen LogP contribution in [0.4, 0.5) is 0 Å². The van der Waals surface area contributed by atoms with E-state index in [1.165, 1.54) is 37.3 Å². The summed E-state index contributed by atoms with van der Waals surface area (Å²) in [5, 5.41) is 9.77. The lowest BCUT2D eigenvalue weighted by Gasteiger charge is -2.40. The summed E-state index contributed by atoms with van der Waals surface area (Å²) >= 11 is 6.18. The first-order valence-corrected chi connectivity index (χ1v) is 10.6. The summed E-state index contributed by atoms with van der Waals surface area (Å²) in [5.74, 6) is -0.371. The molecular weight excluding hydrogens is 372 g/mol. The van der Waals surface area contributed by atoms with E-state index in [1.807, 2.05) is 38.1 Å². The number of hydrogen-bond acceptors (Lipinski definition) is 2. The Morgan fingerprint density at radius 3 is 2.36 bits per heavy atom. The van der Waals surface area contributed by atoms with E-state index in [-0.39, 0.29) is 5.41 Å². The van der Waals surface area contributed by atoms with Gasteiger partial charge in [-0.1, -0.05) is 74.6 Å². The largest absolute Gasteiger partial charge is 0.479 e. The molecule has 1 saturated carbocycles. The molecule has 3 rings (SSSR count). The molecule has 0 saturated heterocycles. The van der Waals surface area contributed by atoms with Crippen LogP contribution in [0.2, 0.25) is 0 Å². The molecule has 0 heterocycles. The van der Waals surface area contributed by atoms with Gasteiger partial charge >= 0.3 is 5.97 Å². The Labute approximate surface area is 173 Å². The molecule has 1 atom stereocenters. The van der Waals surface area contributed by atoms with E-state index >= 15 is 0 Å². The average molecular weight is 403 g/mol. The lowest BCUT2D eigenvalue weighted by atomic mass is 9.64. The summed E-state index contributed by atoms with van der Waals surface area (Å²) in [6.07, 6.45) is 14.3. The monoisotopic (exact) mass is 402 g/mol. The van der Waals surface area contributed by atoms with Gasteiger partial charge in [0.1, 0.15) is 5.75 Å². The van der Waals surface area contributed by atoms with Gasteiger partial charge in [0.15, 0.2) is 6.10 Å². The van der Waals surface area contributed by atoms with Crippen LogP contribution in [0.25, 0.3) is 0 Å². The maximum Gasteiger partial charge on any atom is 0.344 e. The molecule has 152 valence electrons. The molecule has 1 unspecified atom stereocenters. The number of ether oxygens (including phenoxy) is 1. The van der Waals surface area contributed by atoms with Crippen molar-refractivity contribution in [2.24, 2.45) is 0 Å². The number of carbonyl (C=O) groups is 1. The van der Waals surface area contributed by atoms with Crippen LogP contribution in [0.5, 0.6) is 5.75 Å². The van der Waals surface area contributed by atoms with Gasteiger partial charge in [0.05, 0.1) is 0 Å². The molecular formula is C24H31ClO3. The van der Waals surface area contributed by atoms with Crippen LogP contribution in [-0.4, -0.2) is 17.2 Å². The maximum atomic E-state index is 11.0. The average Bonchev–Trinajstić information content (AvgIpc) is 2.95. The molecule has 0 aromatic heterocycles. The Morgan fingerprint density at radius 1 is 1.11 bits per heavy atom. The third-order valence-electron chi connectivity index (χ3n) is 5.45. The minimum atomic E-state index is -0.961. The first kappa shape index (κ1) is 22.3. The predicted molar refractivity (Wildman–Crippen MR) is 116 cm³/mol. The van der Waals surface area contributed by atoms with Crippen molar-refractivity contribution in [2.45, 2.75) is 70.8 Å². The van der Waals surface area contributed by atoms with Crippen molar-refractivity contribution < 1.29 is 14.6 Å². The summed E-state index contributed by atoms with van der Waals surface area (Å²) in [6, 6.07) is 7.97. The molecule has 0 bridgehead atoms. The van der Waals surface area contributed by atoms with Gasteiger partial charge in [-0.05, 0) is 56.0 Å². The number of benzene rings is 1. The fraction of sp³-hybridized carbons (Fsp3) is 0.458. The standard InChI is InChI=1S/C22H25ClO3.C2H6/c1-16(21(24)25)26-20-12-9-18(10-13-20)22(14-3-2-4-15-22)17-6-5-7-19(23)11-8-17;1-2/h5,7-13,16H,2-4,6,14-15H2,1H3,(H,24,25);1-2H3. The Bertz CT molecular complexity index is 738. The summed E-state index contributed by atoms with van der Waals surface area (Å²) in [5.41, 5.74) is 2.70. The number of aliphatic carboxylic acids is 1. The van der Waals surface area contributed by atoms with Crippen LogP contribution in [-0.2, 0) is 10.2 Å². The van der Waals surface area contributed by atoms with Gasteiger partial charge in [0.25, 0.3) is 0 Å².